The van der Waals surface area contributed by atoms with E-state index in [9.17, 15) is 0 Å². The summed E-state index contributed by atoms with van der Waals surface area (Å²) >= 11 is 0. The van der Waals surface area contributed by atoms with E-state index in [4.69, 9.17) is 4.74 Å². The van der Waals surface area contributed by atoms with Crippen molar-refractivity contribution in [2.24, 2.45) is 29.1 Å². The van der Waals surface area contributed by atoms with E-state index >= 15 is 0 Å². The molecule has 26 heavy (non-hydrogen) atoms. The summed E-state index contributed by atoms with van der Waals surface area (Å²) in [6.07, 6.45) is 20.5. The molecule has 0 heterocycles. The molecule has 0 bridgehead atoms. The first-order chi connectivity index (χ1) is 12.8. The van der Waals surface area contributed by atoms with Crippen molar-refractivity contribution in [3.05, 3.63) is 53.6 Å². The molecule has 0 aliphatic heterocycles. The topological polar surface area (TPSA) is 9.23 Å². The van der Waals surface area contributed by atoms with Crippen LogP contribution in [0.3, 0.4) is 0 Å². The number of ether oxygens (including phenoxy) is 1. The molecule has 0 spiro atoms. The average Bonchev–Trinajstić information content (AvgIpc) is 3.12. The monoisotopic (exact) mass is 348 g/mol. The Hall–Kier alpha value is -1.50. The number of benzene rings is 1. The highest BCUT2D eigenvalue weighted by Gasteiger charge is 2.51. The van der Waals surface area contributed by atoms with E-state index in [1.807, 2.05) is 5.57 Å². The maximum Gasteiger partial charge on any atom is 0.118 e. The van der Waals surface area contributed by atoms with E-state index < -0.39 is 0 Å². The minimum Gasteiger partial charge on any atom is -0.497 e. The summed E-state index contributed by atoms with van der Waals surface area (Å²) in [5.41, 5.74) is 3.70. The van der Waals surface area contributed by atoms with Crippen LogP contribution in [0.15, 0.2) is 48.1 Å². The Labute approximate surface area is 158 Å². The molecule has 2 fully saturated rings. The minimum absolute atomic E-state index is 0.412. The third-order valence-corrected chi connectivity index (χ3v) is 8.07. The largest absolute Gasteiger partial charge is 0.497 e. The molecule has 5 atom stereocenters. The second-order valence-corrected chi connectivity index (χ2v) is 9.22. The van der Waals surface area contributed by atoms with Gasteiger partial charge in [0, 0.05) is 0 Å². The van der Waals surface area contributed by atoms with E-state index in [1.165, 1.54) is 63.4 Å². The minimum atomic E-state index is 0.412. The molecule has 138 valence electrons. The predicted octanol–water partition coefficient (Wildman–Crippen LogP) is 6.35. The van der Waals surface area contributed by atoms with Crippen LogP contribution in [0.1, 0.15) is 56.9 Å². The smallest absolute Gasteiger partial charge is 0.118 e. The second kappa shape index (κ2) is 6.59. The highest BCUT2D eigenvalue weighted by Crippen LogP contribution is 2.59. The van der Waals surface area contributed by atoms with Gasteiger partial charge in [-0.2, -0.15) is 0 Å². The zero-order valence-corrected chi connectivity index (χ0v) is 16.1. The third-order valence-electron chi connectivity index (χ3n) is 8.07. The van der Waals surface area contributed by atoms with Crippen molar-refractivity contribution in [1.29, 1.82) is 0 Å². The SMILES string of the molecule is COc1ccc(C[C@]23C=C[C@H]4[C@@H](CC=C5CCCC[C@@H]54)[C@@H]2CCC3)cc1. The Morgan fingerprint density at radius 2 is 1.96 bits per heavy atom. The summed E-state index contributed by atoms with van der Waals surface area (Å²) in [6.45, 7) is 0. The molecule has 1 aromatic rings. The molecule has 5 rings (SSSR count). The Morgan fingerprint density at radius 3 is 2.81 bits per heavy atom. The van der Waals surface area contributed by atoms with Crippen LogP contribution in [0.5, 0.6) is 5.75 Å². The van der Waals surface area contributed by atoms with Gasteiger partial charge in [0.05, 0.1) is 7.11 Å². The van der Waals surface area contributed by atoms with E-state index in [0.29, 0.717) is 5.41 Å². The predicted molar refractivity (Wildman–Crippen MR) is 107 cm³/mol. The summed E-state index contributed by atoms with van der Waals surface area (Å²) in [6, 6.07) is 8.82. The van der Waals surface area contributed by atoms with Crippen molar-refractivity contribution in [3.8, 4) is 5.75 Å². The van der Waals surface area contributed by atoms with Gasteiger partial charge < -0.3 is 4.74 Å². The fraction of sp³-hybridized carbons (Fsp3) is 0.600. The standard InChI is InChI=1S/C25H32O/c1-26-20-11-8-18(9-12-20)17-25-15-4-7-24(25)23-13-10-19-5-2-3-6-21(19)22(23)14-16-25/h8-12,14,16,21-24H,2-7,13,15,17H2,1H3/t21-,22+,23+,24-,25-/m0/s1. The molecular formula is C25H32O. The maximum absolute atomic E-state index is 5.34. The normalized spacial score (nSPS) is 38.1. The maximum atomic E-state index is 5.34. The van der Waals surface area contributed by atoms with Gasteiger partial charge in [-0.15, -0.1) is 0 Å². The van der Waals surface area contributed by atoms with Crippen LogP contribution >= 0.6 is 0 Å². The molecule has 2 saturated carbocycles. The van der Waals surface area contributed by atoms with Crippen molar-refractivity contribution in [2.75, 3.05) is 7.11 Å². The highest BCUT2D eigenvalue weighted by molar-refractivity contribution is 5.31. The summed E-state index contributed by atoms with van der Waals surface area (Å²) < 4.78 is 5.34. The Balaban J connectivity index is 1.43. The van der Waals surface area contributed by atoms with Crippen molar-refractivity contribution < 1.29 is 4.74 Å². The van der Waals surface area contributed by atoms with Crippen molar-refractivity contribution in [2.45, 2.75) is 57.8 Å². The van der Waals surface area contributed by atoms with E-state index in [2.05, 4.69) is 42.5 Å². The summed E-state index contributed by atoms with van der Waals surface area (Å²) in [4.78, 5) is 0. The molecule has 0 unspecified atom stereocenters. The van der Waals surface area contributed by atoms with Crippen LogP contribution in [0.25, 0.3) is 0 Å². The molecule has 1 nitrogen and oxygen atoms in total. The number of hydrogen-bond acceptors (Lipinski definition) is 1. The molecule has 0 amide bonds. The van der Waals surface area contributed by atoms with Crippen LogP contribution in [0.2, 0.25) is 0 Å². The van der Waals surface area contributed by atoms with Gasteiger partial charge in [-0.25, -0.2) is 0 Å². The average molecular weight is 349 g/mol. The third kappa shape index (κ3) is 2.66. The van der Waals surface area contributed by atoms with E-state index in [1.54, 1.807) is 7.11 Å². The number of methoxy groups -OCH3 is 1. The zero-order chi connectivity index (χ0) is 17.6. The molecule has 1 heteroatoms. The lowest BCUT2D eigenvalue weighted by Gasteiger charge is -2.50. The number of fused-ring (bicyclic) bond motifs is 5. The number of allylic oxidation sites excluding steroid dienone is 4. The summed E-state index contributed by atoms with van der Waals surface area (Å²) in [5, 5.41) is 0. The van der Waals surface area contributed by atoms with Crippen molar-refractivity contribution in [3.63, 3.8) is 0 Å². The van der Waals surface area contributed by atoms with E-state index in [0.717, 1.165) is 29.4 Å². The molecule has 0 radical (unpaired) electrons. The van der Waals surface area contributed by atoms with E-state index in [-0.39, 0.29) is 0 Å². The highest BCUT2D eigenvalue weighted by atomic mass is 16.5. The van der Waals surface area contributed by atoms with Crippen molar-refractivity contribution >= 4 is 0 Å². The molecule has 0 N–H and O–H groups in total. The molecule has 0 saturated heterocycles. The quantitative estimate of drug-likeness (QED) is 0.579. The summed E-state index contributed by atoms with van der Waals surface area (Å²) in [5.74, 6) is 4.46. The first kappa shape index (κ1) is 16.7. The zero-order valence-electron chi connectivity index (χ0n) is 16.1. The van der Waals surface area contributed by atoms with Gasteiger partial charge in [0.2, 0.25) is 0 Å². The number of hydrogen-bond donors (Lipinski definition) is 0. The van der Waals surface area contributed by atoms with Crippen LogP contribution in [-0.4, -0.2) is 7.11 Å². The van der Waals surface area contributed by atoms with Gasteiger partial charge in [-0.3, -0.25) is 0 Å². The Bertz CT molecular complexity index is 712. The second-order valence-electron chi connectivity index (χ2n) is 9.22. The number of rotatable bonds is 3. The van der Waals surface area contributed by atoms with Gasteiger partial charge in [-0.05, 0) is 91.7 Å². The van der Waals surface area contributed by atoms with Crippen LogP contribution in [-0.2, 0) is 6.42 Å². The summed E-state index contributed by atoms with van der Waals surface area (Å²) in [7, 11) is 1.75. The van der Waals surface area contributed by atoms with Gasteiger partial charge >= 0.3 is 0 Å². The first-order valence-corrected chi connectivity index (χ1v) is 10.8. The fourth-order valence-corrected chi connectivity index (χ4v) is 6.89. The lowest BCUT2D eigenvalue weighted by atomic mass is 9.55. The fourth-order valence-electron chi connectivity index (χ4n) is 6.89. The van der Waals surface area contributed by atoms with Crippen molar-refractivity contribution in [1.82, 2.24) is 0 Å². The molecule has 1 aromatic carbocycles. The molecular weight excluding hydrogens is 316 g/mol. The Morgan fingerprint density at radius 1 is 1.08 bits per heavy atom. The first-order valence-electron chi connectivity index (χ1n) is 10.8. The Kier molecular flexibility index (Phi) is 4.22. The lowest BCUT2D eigenvalue weighted by Crippen LogP contribution is -2.42. The van der Waals surface area contributed by atoms with Crippen LogP contribution < -0.4 is 4.74 Å². The molecule has 4 aliphatic carbocycles. The van der Waals surface area contributed by atoms with Gasteiger partial charge in [0.1, 0.15) is 5.75 Å². The van der Waals surface area contributed by atoms with Crippen LogP contribution in [0.4, 0.5) is 0 Å². The molecule has 0 aromatic heterocycles. The van der Waals surface area contributed by atoms with Gasteiger partial charge in [0.25, 0.3) is 0 Å². The molecule has 4 aliphatic rings. The van der Waals surface area contributed by atoms with Crippen LogP contribution in [0, 0.1) is 29.1 Å². The van der Waals surface area contributed by atoms with Gasteiger partial charge in [0.15, 0.2) is 0 Å². The van der Waals surface area contributed by atoms with Gasteiger partial charge in [-0.1, -0.05) is 48.8 Å². The lowest BCUT2D eigenvalue weighted by molar-refractivity contribution is 0.0973.